The fourth-order valence-electron chi connectivity index (χ4n) is 0.661. The third kappa shape index (κ3) is 4.77. The van der Waals surface area contributed by atoms with Gasteiger partial charge in [0.15, 0.2) is 13.1 Å². The molecular formula is C8H19NO+. The van der Waals surface area contributed by atoms with Gasteiger partial charge in [0.25, 0.3) is 0 Å². The Bertz CT molecular complexity index is 69.7. The molecular weight excluding hydrogens is 126 g/mol. The Labute approximate surface area is 64.1 Å². The molecule has 10 heavy (non-hydrogen) atoms. The average molecular weight is 145 g/mol. The molecule has 0 saturated carbocycles. The van der Waals surface area contributed by atoms with E-state index in [9.17, 15) is 0 Å². The van der Waals surface area contributed by atoms with Crippen LogP contribution in [0.4, 0.5) is 0 Å². The van der Waals surface area contributed by atoms with Gasteiger partial charge >= 0.3 is 0 Å². The van der Waals surface area contributed by atoms with Gasteiger partial charge in [-0.25, -0.2) is 0 Å². The van der Waals surface area contributed by atoms with Crippen molar-refractivity contribution in [2.24, 2.45) is 5.92 Å². The van der Waals surface area contributed by atoms with Gasteiger partial charge in [-0.05, 0) is 24.8 Å². The average Bonchev–Trinajstić information content (AvgIpc) is 1.90. The van der Waals surface area contributed by atoms with Crippen molar-refractivity contribution < 1.29 is 4.84 Å². The first kappa shape index (κ1) is 9.92. The molecule has 2 nitrogen and oxygen atoms in total. The Morgan fingerprint density at radius 3 is 2.00 bits per heavy atom. The summed E-state index contributed by atoms with van der Waals surface area (Å²) in [6, 6.07) is 0. The van der Waals surface area contributed by atoms with Gasteiger partial charge in [0.2, 0.25) is 0 Å². The van der Waals surface area contributed by atoms with Crippen LogP contribution in [0.2, 0.25) is 0 Å². The number of hydrogen-bond donors (Lipinski definition) is 0. The molecule has 0 aliphatic rings. The number of nitrogens with zero attached hydrogens (tertiary/aromatic N) is 1. The van der Waals surface area contributed by atoms with E-state index in [0.29, 0.717) is 5.92 Å². The summed E-state index contributed by atoms with van der Waals surface area (Å²) >= 11 is 0. The highest BCUT2D eigenvalue weighted by molar-refractivity contribution is 4.44. The van der Waals surface area contributed by atoms with Crippen LogP contribution < -0.4 is 5.06 Å². The molecule has 0 aromatic rings. The maximum Gasteiger partial charge on any atom is 0.157 e. The number of hydrogen-bond acceptors (Lipinski definition) is 2. The molecule has 0 aromatic heterocycles. The maximum atomic E-state index is 5.44. The molecule has 0 aliphatic carbocycles. The highest BCUT2D eigenvalue weighted by Crippen LogP contribution is 1.93. The second-order valence-corrected chi connectivity index (χ2v) is 2.80. The van der Waals surface area contributed by atoms with Crippen molar-refractivity contribution in [3.63, 3.8) is 0 Å². The van der Waals surface area contributed by atoms with Crippen LogP contribution in [-0.4, -0.2) is 19.7 Å². The molecule has 0 aliphatic heterocycles. The van der Waals surface area contributed by atoms with E-state index < -0.39 is 0 Å². The fraction of sp³-hybridized carbons (Fsp3) is 1.00. The summed E-state index contributed by atoms with van der Waals surface area (Å²) in [4.78, 5) is 5.44. The van der Waals surface area contributed by atoms with Gasteiger partial charge in [-0.2, -0.15) is 0 Å². The third-order valence-corrected chi connectivity index (χ3v) is 1.30. The third-order valence-electron chi connectivity index (χ3n) is 1.30. The second kappa shape index (κ2) is 5.69. The Balaban J connectivity index is 3.26. The van der Waals surface area contributed by atoms with Crippen molar-refractivity contribution in [3.05, 3.63) is 0 Å². The lowest BCUT2D eigenvalue weighted by Gasteiger charge is -2.06. The zero-order valence-corrected chi connectivity index (χ0v) is 7.55. The van der Waals surface area contributed by atoms with Gasteiger partial charge in [0.1, 0.15) is 6.61 Å². The van der Waals surface area contributed by atoms with E-state index in [0.717, 1.165) is 19.7 Å². The molecule has 0 atom stereocenters. The van der Waals surface area contributed by atoms with Crippen LogP contribution in [0, 0.1) is 5.92 Å². The van der Waals surface area contributed by atoms with Gasteiger partial charge in [0, 0.05) is 0 Å². The molecule has 61 valence electrons. The van der Waals surface area contributed by atoms with Crippen LogP contribution in [0.25, 0.3) is 0 Å². The molecule has 0 amide bonds. The summed E-state index contributed by atoms with van der Waals surface area (Å²) in [5, 5.41) is 1.97. The van der Waals surface area contributed by atoms with Gasteiger partial charge in [-0.1, -0.05) is 13.8 Å². The molecule has 0 unspecified atom stereocenters. The number of hydroxylamine groups is 2. The molecule has 0 spiro atoms. The fourth-order valence-corrected chi connectivity index (χ4v) is 0.661. The zero-order valence-electron chi connectivity index (χ0n) is 7.55. The van der Waals surface area contributed by atoms with E-state index in [4.69, 9.17) is 4.84 Å². The summed E-state index contributed by atoms with van der Waals surface area (Å²) in [6.45, 7) is 11.3. The van der Waals surface area contributed by atoms with E-state index in [1.165, 1.54) is 0 Å². The van der Waals surface area contributed by atoms with E-state index in [-0.39, 0.29) is 0 Å². The smallest absolute Gasteiger partial charge is 0.148 e. The highest BCUT2D eigenvalue weighted by atomic mass is 16.7. The Morgan fingerprint density at radius 1 is 1.20 bits per heavy atom. The predicted molar refractivity (Wildman–Crippen MR) is 44.0 cm³/mol. The van der Waals surface area contributed by atoms with Crippen LogP contribution in [0.1, 0.15) is 27.7 Å². The molecule has 0 bridgehead atoms. The SMILES string of the molecule is CC[N+](CC)OCC(C)C. The Hall–Kier alpha value is -0.0800. The molecule has 2 heteroatoms. The van der Waals surface area contributed by atoms with Crippen LogP contribution in [0.5, 0.6) is 0 Å². The van der Waals surface area contributed by atoms with Crippen molar-refractivity contribution in [1.29, 1.82) is 0 Å². The van der Waals surface area contributed by atoms with Gasteiger partial charge in [-0.15, -0.1) is 4.84 Å². The normalized spacial score (nSPS) is 11.4. The Kier molecular flexibility index (Phi) is 5.64. The Morgan fingerprint density at radius 2 is 1.70 bits per heavy atom. The lowest BCUT2D eigenvalue weighted by molar-refractivity contribution is -0.0762. The molecule has 0 saturated heterocycles. The standard InChI is InChI=1S/C8H19NO/c1-5-9(6-2)10-7-8(3)4/h8H,5-7H2,1-4H3/q+1. The molecule has 0 N–H and O–H groups in total. The van der Waals surface area contributed by atoms with Crippen LogP contribution in [0.3, 0.4) is 0 Å². The van der Waals surface area contributed by atoms with Crippen molar-refractivity contribution in [1.82, 2.24) is 5.06 Å². The topological polar surface area (TPSA) is 15.1 Å². The van der Waals surface area contributed by atoms with Crippen molar-refractivity contribution in [2.45, 2.75) is 27.7 Å². The molecule has 0 fully saturated rings. The quantitative estimate of drug-likeness (QED) is 0.425. The monoisotopic (exact) mass is 145 g/mol. The minimum absolute atomic E-state index is 0.626. The molecule has 0 rings (SSSR count). The first-order valence-electron chi connectivity index (χ1n) is 4.08. The van der Waals surface area contributed by atoms with Crippen LogP contribution in [-0.2, 0) is 4.84 Å². The minimum atomic E-state index is 0.626. The minimum Gasteiger partial charge on any atom is -0.148 e. The molecule has 0 aromatic carbocycles. The number of rotatable bonds is 5. The summed E-state index contributed by atoms with van der Waals surface area (Å²) < 4.78 is 0. The van der Waals surface area contributed by atoms with E-state index in [1.54, 1.807) is 0 Å². The van der Waals surface area contributed by atoms with Crippen molar-refractivity contribution in [2.75, 3.05) is 19.7 Å². The second-order valence-electron chi connectivity index (χ2n) is 2.80. The van der Waals surface area contributed by atoms with E-state index >= 15 is 0 Å². The summed E-state index contributed by atoms with van der Waals surface area (Å²) in [6.07, 6.45) is 0. The van der Waals surface area contributed by atoms with Gasteiger partial charge in [-0.3, -0.25) is 0 Å². The lowest BCUT2D eigenvalue weighted by Crippen LogP contribution is -2.31. The van der Waals surface area contributed by atoms with Crippen molar-refractivity contribution in [3.8, 4) is 0 Å². The highest BCUT2D eigenvalue weighted by Gasteiger charge is 2.10. The lowest BCUT2D eigenvalue weighted by atomic mass is 10.2. The first-order chi connectivity index (χ1) is 4.70. The van der Waals surface area contributed by atoms with Gasteiger partial charge < -0.3 is 0 Å². The van der Waals surface area contributed by atoms with Crippen LogP contribution >= 0.6 is 0 Å². The summed E-state index contributed by atoms with van der Waals surface area (Å²) in [5.74, 6) is 0.626. The zero-order chi connectivity index (χ0) is 7.98. The summed E-state index contributed by atoms with van der Waals surface area (Å²) in [7, 11) is 0. The van der Waals surface area contributed by atoms with Crippen LogP contribution in [0.15, 0.2) is 0 Å². The van der Waals surface area contributed by atoms with E-state index in [2.05, 4.69) is 27.7 Å². The summed E-state index contributed by atoms with van der Waals surface area (Å²) in [5.41, 5.74) is 0. The largest absolute Gasteiger partial charge is 0.157 e. The van der Waals surface area contributed by atoms with Gasteiger partial charge in [0.05, 0.1) is 0 Å². The molecule has 1 radical (unpaired) electrons. The van der Waals surface area contributed by atoms with Crippen molar-refractivity contribution >= 4 is 0 Å². The predicted octanol–water partition coefficient (Wildman–Crippen LogP) is 1.75. The molecule has 0 heterocycles. The first-order valence-corrected chi connectivity index (χ1v) is 4.08. The van der Waals surface area contributed by atoms with E-state index in [1.807, 2.05) is 5.06 Å². The maximum absolute atomic E-state index is 5.44.